The number of aliphatic hydroxyl groups is 1. The molecule has 0 aromatic heterocycles. The van der Waals surface area contributed by atoms with E-state index in [1.54, 1.807) is 12.1 Å². The maximum Gasteiger partial charge on any atom is 0.407 e. The first-order valence-electron chi connectivity index (χ1n) is 21.9. The first-order valence-corrected chi connectivity index (χ1v) is 21.9. The Morgan fingerprint density at radius 3 is 1.81 bits per heavy atom. The van der Waals surface area contributed by atoms with Crippen molar-refractivity contribution >= 4 is 41.8 Å². The molecular formula is C46H60N6O15. The van der Waals surface area contributed by atoms with Crippen molar-refractivity contribution in [2.45, 2.75) is 56.7 Å². The molecule has 0 unspecified atom stereocenters. The molecule has 0 heterocycles. The summed E-state index contributed by atoms with van der Waals surface area (Å²) in [5, 5.41) is 30.8. The maximum atomic E-state index is 13.0. The highest BCUT2D eigenvalue weighted by Crippen LogP contribution is 2.44. The molecular weight excluding hydrogens is 877 g/mol. The number of fused-ring (bicyclic) bond motifs is 3. The van der Waals surface area contributed by atoms with Gasteiger partial charge in [0.05, 0.1) is 66.0 Å². The fourth-order valence-corrected chi connectivity index (χ4v) is 6.76. The van der Waals surface area contributed by atoms with Gasteiger partial charge in [0.1, 0.15) is 24.4 Å². The van der Waals surface area contributed by atoms with Crippen LogP contribution in [0.4, 0.5) is 9.59 Å². The van der Waals surface area contributed by atoms with E-state index in [4.69, 9.17) is 34.2 Å². The summed E-state index contributed by atoms with van der Waals surface area (Å²) in [6.07, 6.45) is -1.14. The van der Waals surface area contributed by atoms with Crippen LogP contribution in [-0.4, -0.2) is 143 Å². The Kier molecular flexibility index (Phi) is 23.6. The van der Waals surface area contributed by atoms with Crippen LogP contribution in [0, 0.1) is 0 Å². The number of nitrogens with two attached hydrogens (primary N) is 1. The minimum Gasteiger partial charge on any atom is -0.481 e. The third kappa shape index (κ3) is 19.8. The fourth-order valence-electron chi connectivity index (χ4n) is 6.76. The van der Waals surface area contributed by atoms with Crippen LogP contribution in [0.25, 0.3) is 11.1 Å². The Hall–Kier alpha value is -6.65. The van der Waals surface area contributed by atoms with Crippen LogP contribution in [-0.2, 0) is 54.3 Å². The Labute approximate surface area is 387 Å². The molecule has 0 radical (unpaired) electrons. The Bertz CT molecular complexity index is 2030. The molecule has 2 atom stereocenters. The van der Waals surface area contributed by atoms with E-state index < -0.39 is 66.8 Å². The van der Waals surface area contributed by atoms with E-state index in [2.05, 4.69) is 50.8 Å². The van der Waals surface area contributed by atoms with E-state index in [-0.39, 0.29) is 96.7 Å². The molecule has 3 aromatic rings. The fraction of sp³-hybridized carbons (Fsp3) is 0.457. The lowest BCUT2D eigenvalue weighted by atomic mass is 9.98. The number of benzene rings is 3. The summed E-state index contributed by atoms with van der Waals surface area (Å²) in [5.74, 6) is -4.12. The first kappa shape index (κ1) is 53.0. The third-order valence-electron chi connectivity index (χ3n) is 10.1. The van der Waals surface area contributed by atoms with Gasteiger partial charge in [-0.15, -0.1) is 0 Å². The van der Waals surface area contributed by atoms with E-state index in [0.717, 1.165) is 22.3 Å². The number of amides is 6. The average Bonchev–Trinajstić information content (AvgIpc) is 3.64. The normalized spacial score (nSPS) is 12.4. The van der Waals surface area contributed by atoms with Gasteiger partial charge in [-0.2, -0.15) is 0 Å². The molecule has 0 saturated heterocycles. The van der Waals surface area contributed by atoms with Gasteiger partial charge in [0.15, 0.2) is 0 Å². The zero-order chi connectivity index (χ0) is 48.2. The standard InChI is InChI=1S/C46H60N6O15/c47-45(60)48-18-5-10-39(44(59)67-32-13-11-31(29-53)12-14-32)52-41(55)28-50-43(58)38(15-16-42(56)57)51-40(54)17-20-62-22-24-64-26-27-65-25-23-63-21-19-49-46(61)66-30-37-35-8-3-1-6-33(35)34-7-2-4-9-36(34)37/h1-4,6-9,11-14,37-39,53H,5,10,15-30H2,(H,49,61)(H,50,58)(H,51,54)(H,52,55)(H,56,57)(H3,47,48,60)/t38-,39-/m0/s1. The van der Waals surface area contributed by atoms with E-state index in [0.29, 0.717) is 25.4 Å². The zero-order valence-electron chi connectivity index (χ0n) is 37.2. The maximum absolute atomic E-state index is 13.0. The average molecular weight is 937 g/mol. The van der Waals surface area contributed by atoms with Gasteiger partial charge in [0.25, 0.3) is 0 Å². The molecule has 1 aliphatic carbocycles. The van der Waals surface area contributed by atoms with E-state index in [1.165, 1.54) is 12.1 Å². The van der Waals surface area contributed by atoms with Crippen molar-refractivity contribution in [1.82, 2.24) is 26.6 Å². The molecule has 3 aromatic carbocycles. The molecule has 21 nitrogen and oxygen atoms in total. The predicted octanol–water partition coefficient (Wildman–Crippen LogP) is 1.48. The van der Waals surface area contributed by atoms with Crippen molar-refractivity contribution < 1.29 is 72.2 Å². The highest BCUT2D eigenvalue weighted by Gasteiger charge is 2.29. The predicted molar refractivity (Wildman–Crippen MR) is 240 cm³/mol. The number of aliphatic hydroxyl groups excluding tert-OH is 1. The van der Waals surface area contributed by atoms with Crippen LogP contribution in [0.1, 0.15) is 54.7 Å². The van der Waals surface area contributed by atoms with E-state index >= 15 is 0 Å². The number of carbonyl (C=O) groups is 7. The van der Waals surface area contributed by atoms with Crippen LogP contribution < -0.4 is 37.1 Å². The molecule has 0 fully saturated rings. The van der Waals surface area contributed by atoms with Crippen molar-refractivity contribution in [3.63, 3.8) is 0 Å². The second kappa shape index (κ2) is 29.8. The summed E-state index contributed by atoms with van der Waals surface area (Å²) in [6, 6.07) is 19.0. The number of esters is 1. The van der Waals surface area contributed by atoms with Crippen molar-refractivity contribution in [3.05, 3.63) is 89.5 Å². The molecule has 67 heavy (non-hydrogen) atoms. The number of primary amides is 1. The second-order valence-electron chi connectivity index (χ2n) is 15.0. The Morgan fingerprint density at radius 2 is 1.21 bits per heavy atom. The smallest absolute Gasteiger partial charge is 0.407 e. The molecule has 0 bridgehead atoms. The summed E-state index contributed by atoms with van der Waals surface area (Å²) in [6.45, 7) is 1.63. The van der Waals surface area contributed by atoms with E-state index in [1.807, 2.05) is 24.3 Å². The summed E-state index contributed by atoms with van der Waals surface area (Å²) in [5.41, 5.74) is 10.3. The molecule has 0 spiro atoms. The number of hydrogen-bond donors (Lipinski definition) is 8. The quantitative estimate of drug-likeness (QED) is 0.0250. The van der Waals surface area contributed by atoms with Crippen molar-refractivity contribution in [3.8, 4) is 16.9 Å². The minimum absolute atomic E-state index is 0.0193. The number of urea groups is 1. The lowest BCUT2D eigenvalue weighted by molar-refractivity contribution is -0.139. The summed E-state index contributed by atoms with van der Waals surface area (Å²) in [4.78, 5) is 86.0. The number of alkyl carbamates (subject to hydrolysis) is 1. The van der Waals surface area contributed by atoms with Gasteiger partial charge in [-0.3, -0.25) is 19.2 Å². The van der Waals surface area contributed by atoms with Gasteiger partial charge < -0.3 is 71.0 Å². The molecule has 21 heteroatoms. The van der Waals surface area contributed by atoms with Gasteiger partial charge in [0, 0.05) is 31.8 Å². The Balaban J connectivity index is 1.02. The molecule has 364 valence electrons. The molecule has 6 amide bonds. The van der Waals surface area contributed by atoms with Crippen molar-refractivity contribution in [2.75, 3.05) is 79.1 Å². The third-order valence-corrected chi connectivity index (χ3v) is 10.1. The molecule has 0 saturated carbocycles. The highest BCUT2D eigenvalue weighted by molar-refractivity contribution is 5.92. The summed E-state index contributed by atoms with van der Waals surface area (Å²) < 4.78 is 32.8. The lowest BCUT2D eigenvalue weighted by Gasteiger charge is -2.20. The largest absolute Gasteiger partial charge is 0.481 e. The second-order valence-corrected chi connectivity index (χ2v) is 15.0. The number of aliphatic carboxylic acids is 1. The molecule has 4 rings (SSSR count). The van der Waals surface area contributed by atoms with E-state index in [9.17, 15) is 43.8 Å². The lowest BCUT2D eigenvalue weighted by Crippen LogP contribution is -2.51. The van der Waals surface area contributed by atoms with Crippen molar-refractivity contribution in [2.24, 2.45) is 5.73 Å². The highest BCUT2D eigenvalue weighted by atomic mass is 16.6. The SMILES string of the molecule is NC(=O)NCCC[C@H](NC(=O)CNC(=O)[C@H](CCC(=O)O)NC(=O)CCOCCOCCOCCOCCNC(=O)OCC1c2ccccc2-c2ccccc21)C(=O)Oc1ccc(CO)cc1. The van der Waals surface area contributed by atoms with Crippen LogP contribution in [0.2, 0.25) is 0 Å². The van der Waals surface area contributed by atoms with Crippen LogP contribution >= 0.6 is 0 Å². The van der Waals surface area contributed by atoms with Gasteiger partial charge in [-0.05, 0) is 59.2 Å². The number of carbonyl (C=O) groups excluding carboxylic acids is 6. The number of carboxylic acids is 1. The van der Waals surface area contributed by atoms with Gasteiger partial charge in [0.2, 0.25) is 17.7 Å². The number of carboxylic acid groups (broad SMARTS) is 1. The first-order chi connectivity index (χ1) is 32.4. The van der Waals surface area contributed by atoms with Crippen LogP contribution in [0.3, 0.4) is 0 Å². The van der Waals surface area contributed by atoms with Crippen molar-refractivity contribution in [1.29, 1.82) is 0 Å². The number of hydrogen-bond acceptors (Lipinski definition) is 14. The number of nitrogens with one attached hydrogen (secondary N) is 5. The van der Waals surface area contributed by atoms with Crippen LogP contribution in [0.5, 0.6) is 5.75 Å². The zero-order valence-corrected chi connectivity index (χ0v) is 37.2. The monoisotopic (exact) mass is 936 g/mol. The van der Waals surface area contributed by atoms with Gasteiger partial charge >= 0.3 is 24.1 Å². The van der Waals surface area contributed by atoms with Gasteiger partial charge in [-0.25, -0.2) is 14.4 Å². The number of rotatable bonds is 32. The number of ether oxygens (including phenoxy) is 6. The van der Waals surface area contributed by atoms with Gasteiger partial charge in [-0.1, -0.05) is 60.7 Å². The Morgan fingerprint density at radius 1 is 0.627 bits per heavy atom. The van der Waals surface area contributed by atoms with Crippen LogP contribution in [0.15, 0.2) is 72.8 Å². The molecule has 0 aliphatic heterocycles. The minimum atomic E-state index is -1.29. The molecule has 1 aliphatic rings. The topological polar surface area (TPSA) is 301 Å². The summed E-state index contributed by atoms with van der Waals surface area (Å²) >= 11 is 0. The molecule has 9 N–H and O–H groups in total. The summed E-state index contributed by atoms with van der Waals surface area (Å²) in [7, 11) is 0.